The summed E-state index contributed by atoms with van der Waals surface area (Å²) in [7, 11) is 0. The van der Waals surface area contributed by atoms with E-state index in [9.17, 15) is 10.2 Å². The summed E-state index contributed by atoms with van der Waals surface area (Å²) < 4.78 is 0. The molecule has 0 aliphatic rings. The fourth-order valence-electron chi connectivity index (χ4n) is 1.62. The monoisotopic (exact) mass is 239 g/mol. The number of hydrogen-bond donors (Lipinski definition) is 4. The Labute approximate surface area is 102 Å². The summed E-state index contributed by atoms with van der Waals surface area (Å²) in [5.41, 5.74) is 0.203. The van der Waals surface area contributed by atoms with E-state index in [4.69, 9.17) is 5.11 Å². The molecule has 0 spiro atoms. The van der Waals surface area contributed by atoms with Crippen molar-refractivity contribution in [1.82, 2.24) is 5.32 Å². The van der Waals surface area contributed by atoms with Gasteiger partial charge >= 0.3 is 0 Å². The maximum atomic E-state index is 10.1. The van der Waals surface area contributed by atoms with E-state index in [0.717, 1.165) is 5.56 Å². The molecular weight excluding hydrogens is 218 g/mol. The van der Waals surface area contributed by atoms with E-state index in [1.54, 1.807) is 6.07 Å². The molecule has 4 heteroatoms. The highest BCUT2D eigenvalue weighted by Gasteiger charge is 2.21. The van der Waals surface area contributed by atoms with E-state index >= 15 is 0 Å². The van der Waals surface area contributed by atoms with Gasteiger partial charge in [-0.05, 0) is 30.5 Å². The van der Waals surface area contributed by atoms with Crippen molar-refractivity contribution in [3.05, 3.63) is 23.8 Å². The highest BCUT2D eigenvalue weighted by atomic mass is 16.3. The number of aromatic hydroxyl groups is 2. The van der Waals surface area contributed by atoms with Crippen molar-refractivity contribution in [3.8, 4) is 11.5 Å². The van der Waals surface area contributed by atoms with E-state index in [1.807, 2.05) is 13.8 Å². The number of rotatable bonds is 6. The maximum Gasteiger partial charge on any atom is 0.157 e. The minimum atomic E-state index is -0.668. The molecule has 0 saturated heterocycles. The summed E-state index contributed by atoms with van der Waals surface area (Å²) >= 11 is 0. The van der Waals surface area contributed by atoms with Gasteiger partial charge in [-0.1, -0.05) is 19.9 Å². The largest absolute Gasteiger partial charge is 0.504 e. The number of phenols is 2. The Morgan fingerprint density at radius 1 is 1.12 bits per heavy atom. The van der Waals surface area contributed by atoms with Gasteiger partial charge < -0.3 is 20.6 Å². The van der Waals surface area contributed by atoms with E-state index in [1.165, 1.54) is 12.1 Å². The van der Waals surface area contributed by atoms with Crippen LogP contribution in [-0.2, 0) is 6.54 Å². The molecule has 96 valence electrons. The van der Waals surface area contributed by atoms with Crippen LogP contribution in [0.25, 0.3) is 0 Å². The summed E-state index contributed by atoms with van der Waals surface area (Å²) in [6.07, 6.45) is 1.41. The van der Waals surface area contributed by atoms with Gasteiger partial charge in [0.1, 0.15) is 0 Å². The van der Waals surface area contributed by atoms with Crippen LogP contribution >= 0.6 is 0 Å². The van der Waals surface area contributed by atoms with Crippen molar-refractivity contribution in [1.29, 1.82) is 0 Å². The molecule has 0 atom stereocenters. The Bertz CT molecular complexity index is 362. The quantitative estimate of drug-likeness (QED) is 0.571. The number of nitrogens with one attached hydrogen (secondary N) is 1. The average Bonchev–Trinajstić information content (AvgIpc) is 2.33. The molecule has 0 bridgehead atoms. The summed E-state index contributed by atoms with van der Waals surface area (Å²) in [5.74, 6) is -0.238. The van der Waals surface area contributed by atoms with Crippen LogP contribution in [0.2, 0.25) is 0 Å². The second-order valence-electron chi connectivity index (χ2n) is 4.36. The van der Waals surface area contributed by atoms with E-state index in [2.05, 4.69) is 5.32 Å². The number of aliphatic hydroxyl groups is 1. The standard InChI is InChI=1S/C13H21NO3/c1-3-13(17,4-2)9-14-8-10-5-6-11(15)12(16)7-10/h5-7,14-17H,3-4,8-9H2,1-2H3. The van der Waals surface area contributed by atoms with Gasteiger partial charge in [-0.2, -0.15) is 0 Å². The second kappa shape index (κ2) is 5.89. The van der Waals surface area contributed by atoms with E-state index in [-0.39, 0.29) is 11.5 Å². The van der Waals surface area contributed by atoms with Crippen LogP contribution in [0, 0.1) is 0 Å². The summed E-state index contributed by atoms with van der Waals surface area (Å²) in [6.45, 7) is 4.98. The molecule has 0 fully saturated rings. The van der Waals surface area contributed by atoms with Gasteiger partial charge in [0, 0.05) is 13.1 Å². The second-order valence-corrected chi connectivity index (χ2v) is 4.36. The molecule has 1 aromatic rings. The first kappa shape index (κ1) is 13.8. The zero-order valence-electron chi connectivity index (χ0n) is 10.4. The molecule has 0 radical (unpaired) electrons. The van der Waals surface area contributed by atoms with Crippen molar-refractivity contribution in [2.24, 2.45) is 0 Å². The number of hydrogen-bond acceptors (Lipinski definition) is 4. The molecule has 1 rings (SSSR count). The Morgan fingerprint density at radius 2 is 1.76 bits per heavy atom. The Kier molecular flexibility index (Phi) is 4.78. The van der Waals surface area contributed by atoms with Crippen LogP contribution in [0.5, 0.6) is 11.5 Å². The van der Waals surface area contributed by atoms with Crippen LogP contribution in [0.1, 0.15) is 32.3 Å². The van der Waals surface area contributed by atoms with Crippen molar-refractivity contribution >= 4 is 0 Å². The molecule has 0 aliphatic heterocycles. The summed E-state index contributed by atoms with van der Waals surface area (Å²) in [6, 6.07) is 4.70. The number of benzene rings is 1. The SMILES string of the molecule is CCC(O)(CC)CNCc1ccc(O)c(O)c1. The molecule has 0 heterocycles. The highest BCUT2D eigenvalue weighted by Crippen LogP contribution is 2.24. The van der Waals surface area contributed by atoms with Crippen LogP contribution in [0.3, 0.4) is 0 Å². The topological polar surface area (TPSA) is 72.7 Å². The zero-order chi connectivity index (χ0) is 12.9. The normalized spacial score (nSPS) is 11.7. The Balaban J connectivity index is 2.48. The van der Waals surface area contributed by atoms with Crippen LogP contribution < -0.4 is 5.32 Å². The van der Waals surface area contributed by atoms with Gasteiger partial charge in [-0.15, -0.1) is 0 Å². The molecular formula is C13H21NO3. The van der Waals surface area contributed by atoms with Gasteiger partial charge in [0.2, 0.25) is 0 Å². The molecule has 4 N–H and O–H groups in total. The van der Waals surface area contributed by atoms with Gasteiger partial charge in [-0.3, -0.25) is 0 Å². The van der Waals surface area contributed by atoms with Gasteiger partial charge in [0.05, 0.1) is 5.60 Å². The Morgan fingerprint density at radius 3 is 2.29 bits per heavy atom. The minimum Gasteiger partial charge on any atom is -0.504 e. The summed E-state index contributed by atoms with van der Waals surface area (Å²) in [4.78, 5) is 0. The fraction of sp³-hybridized carbons (Fsp3) is 0.538. The van der Waals surface area contributed by atoms with Crippen molar-refractivity contribution in [3.63, 3.8) is 0 Å². The van der Waals surface area contributed by atoms with Gasteiger partial charge in [0.15, 0.2) is 11.5 Å². The molecule has 0 amide bonds. The third-order valence-electron chi connectivity index (χ3n) is 3.14. The van der Waals surface area contributed by atoms with E-state index < -0.39 is 5.60 Å². The molecule has 0 unspecified atom stereocenters. The minimum absolute atomic E-state index is 0.118. The van der Waals surface area contributed by atoms with Crippen molar-refractivity contribution < 1.29 is 15.3 Å². The molecule has 0 aromatic heterocycles. The van der Waals surface area contributed by atoms with Crippen LogP contribution in [0.15, 0.2) is 18.2 Å². The van der Waals surface area contributed by atoms with E-state index in [0.29, 0.717) is 25.9 Å². The van der Waals surface area contributed by atoms with Crippen molar-refractivity contribution in [2.45, 2.75) is 38.8 Å². The lowest BCUT2D eigenvalue weighted by Crippen LogP contribution is -2.39. The molecule has 4 nitrogen and oxygen atoms in total. The average molecular weight is 239 g/mol. The van der Waals surface area contributed by atoms with Crippen LogP contribution in [-0.4, -0.2) is 27.5 Å². The van der Waals surface area contributed by atoms with Crippen LogP contribution in [0.4, 0.5) is 0 Å². The first-order valence-corrected chi connectivity index (χ1v) is 5.94. The number of phenolic OH excluding ortho intramolecular Hbond substituents is 2. The Hall–Kier alpha value is -1.26. The highest BCUT2D eigenvalue weighted by molar-refractivity contribution is 5.40. The maximum absolute atomic E-state index is 10.1. The predicted octanol–water partition coefficient (Wildman–Crippen LogP) is 1.74. The third kappa shape index (κ3) is 3.91. The lowest BCUT2D eigenvalue weighted by Gasteiger charge is -2.25. The predicted molar refractivity (Wildman–Crippen MR) is 67.0 cm³/mol. The molecule has 0 aliphatic carbocycles. The smallest absolute Gasteiger partial charge is 0.157 e. The molecule has 1 aromatic carbocycles. The fourth-order valence-corrected chi connectivity index (χ4v) is 1.62. The zero-order valence-corrected chi connectivity index (χ0v) is 10.4. The first-order chi connectivity index (χ1) is 8.00. The summed E-state index contributed by atoms with van der Waals surface area (Å²) in [5, 5.41) is 31.7. The lowest BCUT2D eigenvalue weighted by atomic mass is 9.97. The molecule has 0 saturated carbocycles. The van der Waals surface area contributed by atoms with Gasteiger partial charge in [-0.25, -0.2) is 0 Å². The van der Waals surface area contributed by atoms with Gasteiger partial charge in [0.25, 0.3) is 0 Å². The lowest BCUT2D eigenvalue weighted by molar-refractivity contribution is 0.0323. The first-order valence-electron chi connectivity index (χ1n) is 5.94. The van der Waals surface area contributed by atoms with Crippen molar-refractivity contribution in [2.75, 3.05) is 6.54 Å². The third-order valence-corrected chi connectivity index (χ3v) is 3.14. The molecule has 17 heavy (non-hydrogen) atoms.